The summed E-state index contributed by atoms with van der Waals surface area (Å²) in [6.07, 6.45) is 1.25. The van der Waals surface area contributed by atoms with Crippen molar-refractivity contribution in [3.63, 3.8) is 0 Å². The summed E-state index contributed by atoms with van der Waals surface area (Å²) in [4.78, 5) is 48.9. The van der Waals surface area contributed by atoms with Crippen LogP contribution in [0.15, 0.2) is 26.5 Å². The number of aliphatic hydroxyl groups excluding tert-OH is 1. The van der Waals surface area contributed by atoms with Crippen molar-refractivity contribution >= 4 is 6.29 Å². The lowest BCUT2D eigenvalue weighted by Gasteiger charge is -2.10. The van der Waals surface area contributed by atoms with Crippen molar-refractivity contribution in [1.29, 1.82) is 0 Å². The Morgan fingerprint density at radius 1 is 1.16 bits per heavy atom. The summed E-state index contributed by atoms with van der Waals surface area (Å²) in [5.41, 5.74) is 0.365. The SMILES string of the molecule is Cc1c(C=O)cc(CCOCCn2c(=O)[nH]c(=O)[nH]c2=O)cc1CO. The number of nitrogens with zero attached hydrogens (tertiary/aromatic N) is 1. The molecule has 3 N–H and O–H groups in total. The molecule has 0 atom stereocenters. The maximum absolute atomic E-state index is 11.5. The van der Waals surface area contributed by atoms with E-state index < -0.39 is 17.1 Å². The maximum atomic E-state index is 11.5. The molecule has 0 radical (unpaired) electrons. The van der Waals surface area contributed by atoms with E-state index in [-0.39, 0.29) is 19.8 Å². The molecule has 0 aliphatic carbocycles. The molecule has 0 saturated heterocycles. The van der Waals surface area contributed by atoms with Crippen LogP contribution < -0.4 is 17.1 Å². The van der Waals surface area contributed by atoms with Crippen molar-refractivity contribution in [3.8, 4) is 0 Å². The Labute approximate surface area is 141 Å². The van der Waals surface area contributed by atoms with Gasteiger partial charge in [0, 0.05) is 5.56 Å². The Kier molecular flexibility index (Phi) is 6.20. The fraction of sp³-hybridized carbons (Fsp3) is 0.375. The zero-order valence-electron chi connectivity index (χ0n) is 13.7. The molecule has 1 aromatic carbocycles. The van der Waals surface area contributed by atoms with Crippen molar-refractivity contribution in [2.45, 2.75) is 26.5 Å². The summed E-state index contributed by atoms with van der Waals surface area (Å²) >= 11 is 0. The van der Waals surface area contributed by atoms with Gasteiger partial charge in [0.2, 0.25) is 0 Å². The molecule has 0 aliphatic heterocycles. The minimum absolute atomic E-state index is 0.000320. The molecule has 2 aromatic rings. The number of H-pyrrole nitrogens is 2. The summed E-state index contributed by atoms with van der Waals surface area (Å²) in [5.74, 6) is 0. The van der Waals surface area contributed by atoms with Gasteiger partial charge < -0.3 is 9.84 Å². The van der Waals surface area contributed by atoms with Gasteiger partial charge in [0.05, 0.1) is 26.4 Å². The van der Waals surface area contributed by atoms with E-state index in [0.717, 1.165) is 22.0 Å². The summed E-state index contributed by atoms with van der Waals surface area (Å²) in [7, 11) is 0. The molecule has 0 spiro atoms. The first-order valence-electron chi connectivity index (χ1n) is 7.66. The molecule has 9 nitrogen and oxygen atoms in total. The highest BCUT2D eigenvalue weighted by Gasteiger charge is 2.07. The number of rotatable bonds is 8. The van der Waals surface area contributed by atoms with Gasteiger partial charge >= 0.3 is 17.1 Å². The normalized spacial score (nSPS) is 10.8. The number of aromatic nitrogens is 3. The predicted octanol–water partition coefficient (Wildman–Crippen LogP) is -0.903. The quantitative estimate of drug-likeness (QED) is 0.417. The molecule has 1 aromatic heterocycles. The summed E-state index contributed by atoms with van der Waals surface area (Å²) in [6, 6.07) is 3.55. The molecule has 0 aliphatic rings. The summed E-state index contributed by atoms with van der Waals surface area (Å²) in [6.45, 7) is 2.03. The molecular weight excluding hydrogens is 330 g/mol. The lowest BCUT2D eigenvalue weighted by Crippen LogP contribution is -2.43. The number of aromatic amines is 2. The van der Waals surface area contributed by atoms with E-state index >= 15 is 0 Å². The minimum atomic E-state index is -0.850. The molecule has 0 bridgehead atoms. The van der Waals surface area contributed by atoms with E-state index in [0.29, 0.717) is 24.2 Å². The highest BCUT2D eigenvalue weighted by Crippen LogP contribution is 2.16. The van der Waals surface area contributed by atoms with Gasteiger partial charge in [-0.1, -0.05) is 6.07 Å². The largest absolute Gasteiger partial charge is 0.392 e. The molecule has 0 unspecified atom stereocenters. The molecule has 25 heavy (non-hydrogen) atoms. The Balaban J connectivity index is 1.92. The molecule has 0 amide bonds. The van der Waals surface area contributed by atoms with Gasteiger partial charge in [-0.3, -0.25) is 14.8 Å². The van der Waals surface area contributed by atoms with E-state index in [4.69, 9.17) is 4.74 Å². The number of aliphatic hydroxyl groups is 1. The first-order valence-corrected chi connectivity index (χ1v) is 7.66. The molecule has 0 fully saturated rings. The van der Waals surface area contributed by atoms with Gasteiger partial charge in [-0.25, -0.2) is 19.0 Å². The van der Waals surface area contributed by atoms with E-state index in [9.17, 15) is 24.3 Å². The molecular formula is C16H19N3O6. The molecule has 9 heteroatoms. The standard InChI is InChI=1S/C16H19N3O6/c1-10-12(8-20)6-11(7-13(10)9-21)2-4-25-5-3-19-15(23)17-14(22)18-16(19)24/h6-8,21H,2-5,9H2,1H3,(H2,17,18,22,23,24). The number of hydrogen-bond acceptors (Lipinski definition) is 6. The molecule has 134 valence electrons. The van der Waals surface area contributed by atoms with E-state index in [2.05, 4.69) is 0 Å². The van der Waals surface area contributed by atoms with Crippen LogP contribution in [0.1, 0.15) is 27.0 Å². The highest BCUT2D eigenvalue weighted by molar-refractivity contribution is 5.78. The van der Waals surface area contributed by atoms with E-state index in [1.54, 1.807) is 13.0 Å². The molecule has 0 saturated carbocycles. The van der Waals surface area contributed by atoms with Crippen molar-refractivity contribution in [2.24, 2.45) is 0 Å². The van der Waals surface area contributed by atoms with E-state index in [1.807, 2.05) is 16.0 Å². The number of carbonyl (C=O) groups is 1. The van der Waals surface area contributed by atoms with Crippen LogP contribution in [0.5, 0.6) is 0 Å². The van der Waals surface area contributed by atoms with Crippen LogP contribution in [0, 0.1) is 6.92 Å². The van der Waals surface area contributed by atoms with Gasteiger partial charge in [-0.2, -0.15) is 0 Å². The molecule has 2 rings (SSSR count). The van der Waals surface area contributed by atoms with Gasteiger partial charge in [-0.15, -0.1) is 0 Å². The van der Waals surface area contributed by atoms with Crippen LogP contribution in [-0.2, 0) is 24.3 Å². The topological polar surface area (TPSA) is 134 Å². The van der Waals surface area contributed by atoms with Gasteiger partial charge in [-0.05, 0) is 36.1 Å². The van der Waals surface area contributed by atoms with Crippen LogP contribution in [-0.4, -0.2) is 39.1 Å². The first-order chi connectivity index (χ1) is 12.0. The zero-order valence-corrected chi connectivity index (χ0v) is 13.7. The lowest BCUT2D eigenvalue weighted by molar-refractivity contribution is 0.112. The fourth-order valence-corrected chi connectivity index (χ4v) is 2.40. The average molecular weight is 349 g/mol. The predicted molar refractivity (Wildman–Crippen MR) is 89.0 cm³/mol. The van der Waals surface area contributed by atoms with Crippen LogP contribution in [0.2, 0.25) is 0 Å². The number of aldehydes is 1. The lowest BCUT2D eigenvalue weighted by atomic mass is 9.98. The van der Waals surface area contributed by atoms with Crippen LogP contribution in [0.4, 0.5) is 0 Å². The second kappa shape index (κ2) is 8.36. The van der Waals surface area contributed by atoms with Crippen molar-refractivity contribution in [3.05, 3.63) is 65.8 Å². The number of benzene rings is 1. The maximum Gasteiger partial charge on any atom is 0.333 e. The monoisotopic (exact) mass is 349 g/mol. The van der Waals surface area contributed by atoms with Crippen LogP contribution in [0.25, 0.3) is 0 Å². The van der Waals surface area contributed by atoms with Gasteiger partial charge in [0.25, 0.3) is 0 Å². The Morgan fingerprint density at radius 2 is 1.84 bits per heavy atom. The summed E-state index contributed by atoms with van der Waals surface area (Å²) < 4.78 is 6.24. The minimum Gasteiger partial charge on any atom is -0.392 e. The Morgan fingerprint density at radius 3 is 2.44 bits per heavy atom. The van der Waals surface area contributed by atoms with Crippen molar-refractivity contribution in [2.75, 3.05) is 13.2 Å². The van der Waals surface area contributed by atoms with Crippen LogP contribution in [0.3, 0.4) is 0 Å². The van der Waals surface area contributed by atoms with E-state index in [1.165, 1.54) is 0 Å². The van der Waals surface area contributed by atoms with Gasteiger partial charge in [0.15, 0.2) is 0 Å². The summed E-state index contributed by atoms with van der Waals surface area (Å²) in [5, 5.41) is 9.33. The number of hydrogen-bond donors (Lipinski definition) is 3. The van der Waals surface area contributed by atoms with Crippen molar-refractivity contribution in [1.82, 2.24) is 14.5 Å². The fourth-order valence-electron chi connectivity index (χ4n) is 2.40. The highest BCUT2D eigenvalue weighted by atomic mass is 16.5. The average Bonchev–Trinajstić information content (AvgIpc) is 2.57. The third kappa shape index (κ3) is 4.61. The van der Waals surface area contributed by atoms with Crippen molar-refractivity contribution < 1.29 is 14.6 Å². The Bertz CT molecular complexity index is 890. The number of ether oxygens (including phenoxy) is 1. The number of nitrogens with one attached hydrogen (secondary N) is 2. The van der Waals surface area contributed by atoms with Crippen LogP contribution >= 0.6 is 0 Å². The smallest absolute Gasteiger partial charge is 0.333 e. The first kappa shape index (κ1) is 18.6. The third-order valence-electron chi connectivity index (χ3n) is 3.84. The number of carbonyl (C=O) groups excluding carboxylic acids is 1. The third-order valence-corrected chi connectivity index (χ3v) is 3.84. The Hall–Kier alpha value is -2.78. The second-order valence-corrected chi connectivity index (χ2v) is 5.45. The molecule has 1 heterocycles. The second-order valence-electron chi connectivity index (χ2n) is 5.45. The van der Waals surface area contributed by atoms with Gasteiger partial charge in [0.1, 0.15) is 6.29 Å². The zero-order chi connectivity index (χ0) is 18.4.